The molecule has 2 unspecified atom stereocenters. The molecule has 3 atom stereocenters. The van der Waals surface area contributed by atoms with Gasteiger partial charge in [0.05, 0.1) is 16.9 Å². The number of nitrogens with one attached hydrogen (secondary N) is 3. The van der Waals surface area contributed by atoms with Gasteiger partial charge in [-0.1, -0.05) is 30.2 Å². The third kappa shape index (κ3) is 5.60. The Labute approximate surface area is 219 Å². The van der Waals surface area contributed by atoms with Crippen LogP contribution in [0.3, 0.4) is 0 Å². The van der Waals surface area contributed by atoms with E-state index in [0.717, 1.165) is 31.5 Å². The Kier molecular flexibility index (Phi) is 8.09. The van der Waals surface area contributed by atoms with Crippen molar-refractivity contribution in [3.8, 4) is 0 Å². The fourth-order valence-electron chi connectivity index (χ4n) is 4.86. The highest BCUT2D eigenvalue weighted by Crippen LogP contribution is 2.31. The van der Waals surface area contributed by atoms with E-state index < -0.39 is 35.1 Å². The lowest BCUT2D eigenvalue weighted by Crippen LogP contribution is -2.60. The average Bonchev–Trinajstić information content (AvgIpc) is 3.32. The molecule has 1 fully saturated rings. The van der Waals surface area contributed by atoms with Crippen LogP contribution < -0.4 is 21.7 Å². The second-order valence-electron chi connectivity index (χ2n) is 9.32. The molecular weight excluding hydrogens is 499 g/mol. The maximum atomic E-state index is 13.3. The Balaban J connectivity index is 1.45. The third-order valence-corrected chi connectivity index (χ3v) is 7.29. The van der Waals surface area contributed by atoms with Gasteiger partial charge in [-0.15, -0.1) is 0 Å². The number of piperidine rings is 1. The molecule has 1 saturated heterocycles. The fraction of sp³-hybridized carbons (Fsp3) is 0.385. The van der Waals surface area contributed by atoms with Crippen LogP contribution in [0.4, 0.5) is 10.1 Å². The van der Waals surface area contributed by atoms with E-state index in [1.807, 2.05) is 0 Å². The second kappa shape index (κ2) is 11.3. The number of anilines is 1. The molecule has 0 aliphatic carbocycles. The Hall–Kier alpha value is -3.50. The molecule has 4 rings (SSSR count). The predicted octanol–water partition coefficient (Wildman–Crippen LogP) is 2.40. The summed E-state index contributed by atoms with van der Waals surface area (Å²) in [5.41, 5.74) is 5.15. The highest BCUT2D eigenvalue weighted by Gasteiger charge is 2.52. The molecule has 2 aromatic rings. The summed E-state index contributed by atoms with van der Waals surface area (Å²) >= 11 is 5.97. The number of amides is 3. The van der Waals surface area contributed by atoms with Crippen LogP contribution in [0.1, 0.15) is 42.1 Å². The lowest BCUT2D eigenvalue weighted by molar-refractivity contribution is -0.131. The van der Waals surface area contributed by atoms with Gasteiger partial charge in [0.15, 0.2) is 11.6 Å². The highest BCUT2D eigenvalue weighted by atomic mass is 35.5. The highest BCUT2D eigenvalue weighted by molar-refractivity contribution is 6.34. The molecular formula is C26H30ClFN6O3. The minimum atomic E-state index is -1.58. The molecule has 196 valence electrons. The van der Waals surface area contributed by atoms with Crippen LogP contribution in [-0.2, 0) is 15.1 Å². The largest absolute Gasteiger partial charge is 0.367 e. The van der Waals surface area contributed by atoms with Crippen LogP contribution >= 0.6 is 11.6 Å². The van der Waals surface area contributed by atoms with Crippen molar-refractivity contribution in [2.24, 2.45) is 10.7 Å². The quantitative estimate of drug-likeness (QED) is 0.418. The average molecular weight is 529 g/mol. The summed E-state index contributed by atoms with van der Waals surface area (Å²) < 4.78 is 13.3. The second-order valence-corrected chi connectivity index (χ2v) is 9.73. The number of rotatable bonds is 8. The molecule has 2 aliphatic rings. The number of nitrogens with two attached hydrogens (primary N) is 1. The zero-order valence-corrected chi connectivity index (χ0v) is 21.2. The molecule has 5 N–H and O–H groups in total. The van der Waals surface area contributed by atoms with Crippen LogP contribution in [0.2, 0.25) is 5.02 Å². The first-order valence-electron chi connectivity index (χ1n) is 12.2. The standard InChI is InChI=1S/C26H30ClFN6O3/c1-16-4-2-3-12-34(16)13-11-30-24(36)22-26(25(29)37,32-15-31-22)17-5-8-19(9-6-17)33-23(35)20-10-7-18(28)14-21(20)27/h5-10,14-16,22H,2-4,11-13H2,1H3,(H2,29,37)(H,30,36)(H,31,32)(H,33,35)/t16-,22?,26?/m0/s1. The number of hydrogen-bond acceptors (Lipinski definition) is 6. The summed E-state index contributed by atoms with van der Waals surface area (Å²) in [7, 11) is 0. The topological polar surface area (TPSA) is 129 Å². The van der Waals surface area contributed by atoms with Crippen molar-refractivity contribution in [3.63, 3.8) is 0 Å². The number of nitrogens with zero attached hydrogens (tertiary/aromatic N) is 2. The molecule has 2 aliphatic heterocycles. The lowest BCUT2D eigenvalue weighted by Gasteiger charge is -2.34. The summed E-state index contributed by atoms with van der Waals surface area (Å²) in [5, 5.41) is 8.44. The van der Waals surface area contributed by atoms with E-state index in [-0.39, 0.29) is 10.6 Å². The normalized spacial score (nSPS) is 23.3. The van der Waals surface area contributed by atoms with Crippen molar-refractivity contribution in [2.45, 2.75) is 43.8 Å². The molecule has 0 aromatic heterocycles. The molecule has 0 radical (unpaired) electrons. The van der Waals surface area contributed by atoms with E-state index in [4.69, 9.17) is 17.3 Å². The van der Waals surface area contributed by atoms with E-state index in [1.54, 1.807) is 24.3 Å². The zero-order chi connectivity index (χ0) is 26.6. The van der Waals surface area contributed by atoms with Gasteiger partial charge in [0.2, 0.25) is 5.91 Å². The predicted molar refractivity (Wildman–Crippen MR) is 140 cm³/mol. The Morgan fingerprint density at radius 1 is 1.22 bits per heavy atom. The maximum Gasteiger partial charge on any atom is 0.257 e. The summed E-state index contributed by atoms with van der Waals surface area (Å²) in [6.07, 6.45) is 4.82. The molecule has 3 amide bonds. The van der Waals surface area contributed by atoms with Crippen molar-refractivity contribution < 1.29 is 18.8 Å². The SMILES string of the molecule is C[C@H]1CCCCN1CCNC(=O)C1N=CNC1(C(N)=O)c1ccc(NC(=O)c2ccc(F)cc2Cl)cc1. The molecule has 37 heavy (non-hydrogen) atoms. The first-order chi connectivity index (χ1) is 17.7. The maximum absolute atomic E-state index is 13.3. The van der Waals surface area contributed by atoms with Crippen LogP contribution in [0.25, 0.3) is 0 Å². The number of halogens is 2. The van der Waals surface area contributed by atoms with Crippen LogP contribution in [-0.4, -0.2) is 60.7 Å². The van der Waals surface area contributed by atoms with Gasteiger partial charge in [-0.3, -0.25) is 24.3 Å². The van der Waals surface area contributed by atoms with Gasteiger partial charge in [0.25, 0.3) is 11.8 Å². The van der Waals surface area contributed by atoms with Crippen LogP contribution in [0.5, 0.6) is 0 Å². The fourth-order valence-corrected chi connectivity index (χ4v) is 5.11. The first-order valence-corrected chi connectivity index (χ1v) is 12.6. The van der Waals surface area contributed by atoms with E-state index >= 15 is 0 Å². The van der Waals surface area contributed by atoms with Crippen LogP contribution in [0, 0.1) is 5.82 Å². The van der Waals surface area contributed by atoms with Gasteiger partial charge in [0.1, 0.15) is 5.82 Å². The van der Waals surface area contributed by atoms with Crippen LogP contribution in [0.15, 0.2) is 47.5 Å². The van der Waals surface area contributed by atoms with Crippen molar-refractivity contribution >= 4 is 41.3 Å². The Morgan fingerprint density at radius 2 is 1.97 bits per heavy atom. The summed E-state index contributed by atoms with van der Waals surface area (Å²) in [4.78, 5) is 44.9. The van der Waals surface area contributed by atoms with Crippen molar-refractivity contribution in [1.29, 1.82) is 0 Å². The van der Waals surface area contributed by atoms with E-state index in [9.17, 15) is 18.8 Å². The number of carbonyl (C=O) groups is 3. The number of carbonyl (C=O) groups excluding carboxylic acids is 3. The van der Waals surface area contributed by atoms with Gasteiger partial charge in [-0.25, -0.2) is 4.39 Å². The molecule has 9 nitrogen and oxygen atoms in total. The molecule has 0 saturated carbocycles. The van der Waals surface area contributed by atoms with Gasteiger partial charge in [-0.2, -0.15) is 0 Å². The Bertz CT molecular complexity index is 1210. The van der Waals surface area contributed by atoms with E-state index in [0.29, 0.717) is 30.4 Å². The van der Waals surface area contributed by atoms with Crippen molar-refractivity contribution in [3.05, 3.63) is 64.4 Å². The number of primary amides is 1. The zero-order valence-electron chi connectivity index (χ0n) is 20.5. The minimum absolute atomic E-state index is 0.0160. The number of hydrogen-bond donors (Lipinski definition) is 4. The third-order valence-electron chi connectivity index (χ3n) is 6.98. The van der Waals surface area contributed by atoms with Gasteiger partial charge in [-0.05, 0) is 62.2 Å². The lowest BCUT2D eigenvalue weighted by atomic mass is 9.82. The minimum Gasteiger partial charge on any atom is -0.367 e. The molecule has 11 heteroatoms. The Morgan fingerprint density at radius 3 is 2.65 bits per heavy atom. The van der Waals surface area contributed by atoms with E-state index in [1.165, 1.54) is 18.8 Å². The van der Waals surface area contributed by atoms with Crippen molar-refractivity contribution in [1.82, 2.24) is 15.5 Å². The molecule has 2 heterocycles. The summed E-state index contributed by atoms with van der Waals surface area (Å²) in [6.45, 7) is 4.33. The van der Waals surface area contributed by atoms with Gasteiger partial charge in [0, 0.05) is 24.8 Å². The molecule has 2 aromatic carbocycles. The number of aliphatic imine (C=N–C) groups is 1. The van der Waals surface area contributed by atoms with Gasteiger partial charge < -0.3 is 21.7 Å². The molecule has 0 spiro atoms. The monoisotopic (exact) mass is 528 g/mol. The first kappa shape index (κ1) is 26.6. The smallest absolute Gasteiger partial charge is 0.257 e. The number of benzene rings is 2. The molecule has 0 bridgehead atoms. The van der Waals surface area contributed by atoms with Crippen molar-refractivity contribution in [2.75, 3.05) is 25.0 Å². The van der Waals surface area contributed by atoms with Gasteiger partial charge >= 0.3 is 0 Å². The number of likely N-dealkylation sites (tertiary alicyclic amines) is 1. The van der Waals surface area contributed by atoms with E-state index in [2.05, 4.69) is 32.8 Å². The summed E-state index contributed by atoms with van der Waals surface area (Å²) in [6, 6.07) is 9.18. The summed E-state index contributed by atoms with van der Waals surface area (Å²) in [5.74, 6) is -2.24.